The van der Waals surface area contributed by atoms with Crippen LogP contribution in [0.5, 0.6) is 0 Å². The Morgan fingerprint density at radius 3 is 2.39 bits per heavy atom. The number of carbonyl (C=O) groups is 1. The third-order valence-corrected chi connectivity index (χ3v) is 4.70. The highest BCUT2D eigenvalue weighted by Crippen LogP contribution is 2.67. The Balaban J connectivity index is 1.94. The lowest BCUT2D eigenvalue weighted by Crippen LogP contribution is -2.28. The average Bonchev–Trinajstić information content (AvgIpc) is 2.67. The second-order valence-corrected chi connectivity index (χ2v) is 6.01. The molecule has 1 aromatic rings. The summed E-state index contributed by atoms with van der Waals surface area (Å²) in [5.74, 6) is 0.224. The quantitative estimate of drug-likeness (QED) is 0.844. The summed E-state index contributed by atoms with van der Waals surface area (Å²) in [4.78, 5) is 22.7. The zero-order valence-corrected chi connectivity index (χ0v) is 11.2. The molecule has 1 aromatic heterocycles. The monoisotopic (exact) mass is 249 g/mol. The number of H-pyrrole nitrogens is 1. The van der Waals surface area contributed by atoms with Crippen molar-refractivity contribution in [2.45, 2.75) is 27.7 Å². The number of amides is 1. The van der Waals surface area contributed by atoms with Gasteiger partial charge in [0.05, 0.1) is 0 Å². The maximum Gasteiger partial charge on any atom is 0.271 e. The summed E-state index contributed by atoms with van der Waals surface area (Å²) in [5.41, 5.74) is 0.430. The van der Waals surface area contributed by atoms with Gasteiger partial charge in [0.2, 0.25) is 0 Å². The van der Waals surface area contributed by atoms with Crippen molar-refractivity contribution in [3.8, 4) is 0 Å². The van der Waals surface area contributed by atoms with Gasteiger partial charge in [0.1, 0.15) is 5.69 Å². The van der Waals surface area contributed by atoms with Crippen molar-refractivity contribution in [1.82, 2.24) is 15.5 Å². The molecule has 0 aliphatic heterocycles. The van der Waals surface area contributed by atoms with Gasteiger partial charge in [-0.1, -0.05) is 27.7 Å². The molecule has 2 rings (SSSR count). The van der Waals surface area contributed by atoms with Crippen LogP contribution >= 0.6 is 0 Å². The molecule has 1 aliphatic rings. The summed E-state index contributed by atoms with van der Waals surface area (Å²) in [6.45, 7) is 9.48. The number of hydrogen-bond donors (Lipinski definition) is 2. The molecule has 18 heavy (non-hydrogen) atoms. The van der Waals surface area contributed by atoms with E-state index in [2.05, 4.69) is 43.2 Å². The third kappa shape index (κ3) is 1.94. The molecule has 0 spiro atoms. The van der Waals surface area contributed by atoms with E-state index in [-0.39, 0.29) is 28.0 Å². The summed E-state index contributed by atoms with van der Waals surface area (Å²) >= 11 is 0. The number of hydrogen-bond acceptors (Lipinski definition) is 3. The molecule has 0 saturated heterocycles. The van der Waals surface area contributed by atoms with Gasteiger partial charge >= 0.3 is 0 Å². The van der Waals surface area contributed by atoms with Crippen molar-refractivity contribution in [1.29, 1.82) is 0 Å². The van der Waals surface area contributed by atoms with Crippen LogP contribution in [-0.4, -0.2) is 22.6 Å². The standard InChI is InChI=1S/C13H19N3O2/c1-12(2)9(13(12,3)4)7-14-11(18)8-5-6-10(17)16-15-8/h5-6,9H,7H2,1-4H3,(H,14,18)(H,16,17). The average molecular weight is 249 g/mol. The SMILES string of the molecule is CC1(C)C(CNC(=O)c2ccc(=O)[nH]n2)C1(C)C. The number of nitrogens with zero attached hydrogens (tertiary/aromatic N) is 1. The van der Waals surface area contributed by atoms with Crippen LogP contribution in [0.4, 0.5) is 0 Å². The van der Waals surface area contributed by atoms with E-state index in [0.29, 0.717) is 12.5 Å². The van der Waals surface area contributed by atoms with Gasteiger partial charge < -0.3 is 5.32 Å². The van der Waals surface area contributed by atoms with E-state index in [1.165, 1.54) is 12.1 Å². The first kappa shape index (κ1) is 12.8. The minimum absolute atomic E-state index is 0.242. The summed E-state index contributed by atoms with van der Waals surface area (Å²) in [5, 5.41) is 8.82. The molecule has 0 radical (unpaired) electrons. The summed E-state index contributed by atoms with van der Waals surface area (Å²) in [6, 6.07) is 2.73. The minimum Gasteiger partial charge on any atom is -0.350 e. The van der Waals surface area contributed by atoms with Crippen LogP contribution in [0.15, 0.2) is 16.9 Å². The van der Waals surface area contributed by atoms with Crippen molar-refractivity contribution in [2.24, 2.45) is 16.7 Å². The van der Waals surface area contributed by atoms with Gasteiger partial charge in [-0.3, -0.25) is 9.59 Å². The van der Waals surface area contributed by atoms with Crippen molar-refractivity contribution >= 4 is 5.91 Å². The molecule has 5 nitrogen and oxygen atoms in total. The maximum atomic E-state index is 11.8. The fourth-order valence-electron chi connectivity index (χ4n) is 2.60. The molecule has 1 saturated carbocycles. The normalized spacial score (nSPS) is 20.4. The lowest BCUT2D eigenvalue weighted by molar-refractivity contribution is 0.0944. The predicted octanol–water partition coefficient (Wildman–Crippen LogP) is 1.18. The lowest BCUT2D eigenvalue weighted by atomic mass is 10.0. The van der Waals surface area contributed by atoms with E-state index in [0.717, 1.165) is 0 Å². The van der Waals surface area contributed by atoms with Crippen LogP contribution in [0.2, 0.25) is 0 Å². The van der Waals surface area contributed by atoms with Gasteiger partial charge in [-0.05, 0) is 22.8 Å². The first-order valence-electron chi connectivity index (χ1n) is 6.11. The molecular formula is C13H19N3O2. The van der Waals surface area contributed by atoms with Crippen molar-refractivity contribution in [3.63, 3.8) is 0 Å². The van der Waals surface area contributed by atoms with Crippen LogP contribution in [0.3, 0.4) is 0 Å². The molecule has 1 amide bonds. The first-order chi connectivity index (χ1) is 8.26. The molecule has 0 aromatic carbocycles. The number of aromatic amines is 1. The zero-order valence-electron chi connectivity index (χ0n) is 11.2. The highest BCUT2D eigenvalue weighted by Gasteiger charge is 2.64. The van der Waals surface area contributed by atoms with E-state index < -0.39 is 0 Å². The fraction of sp³-hybridized carbons (Fsp3) is 0.615. The van der Waals surface area contributed by atoms with Crippen molar-refractivity contribution < 1.29 is 4.79 Å². The Bertz CT molecular complexity index is 497. The Labute approximate surface area is 106 Å². The minimum atomic E-state index is -0.309. The maximum absolute atomic E-state index is 11.8. The number of carbonyl (C=O) groups excluding carboxylic acids is 1. The molecule has 2 N–H and O–H groups in total. The van der Waals surface area contributed by atoms with Crippen LogP contribution in [0.25, 0.3) is 0 Å². The van der Waals surface area contributed by atoms with Gasteiger partial charge in [0, 0.05) is 12.6 Å². The number of aromatic nitrogens is 2. The van der Waals surface area contributed by atoms with E-state index in [1.54, 1.807) is 0 Å². The molecule has 0 unspecified atom stereocenters. The molecule has 0 bridgehead atoms. The van der Waals surface area contributed by atoms with Crippen LogP contribution < -0.4 is 10.9 Å². The van der Waals surface area contributed by atoms with Crippen molar-refractivity contribution in [3.05, 3.63) is 28.2 Å². The van der Waals surface area contributed by atoms with E-state index in [4.69, 9.17) is 0 Å². The van der Waals surface area contributed by atoms with Crippen LogP contribution in [0.1, 0.15) is 38.2 Å². The summed E-state index contributed by atoms with van der Waals surface area (Å²) in [6.07, 6.45) is 0. The van der Waals surface area contributed by atoms with Gasteiger partial charge in [-0.25, -0.2) is 5.10 Å². The topological polar surface area (TPSA) is 74.8 Å². The Kier molecular flexibility index (Phi) is 2.80. The zero-order chi connectivity index (χ0) is 13.6. The summed E-state index contributed by atoms with van der Waals surface area (Å²) < 4.78 is 0. The second-order valence-electron chi connectivity index (χ2n) is 6.01. The molecule has 5 heteroatoms. The van der Waals surface area contributed by atoms with E-state index in [9.17, 15) is 9.59 Å². The van der Waals surface area contributed by atoms with Gasteiger partial charge in [0.15, 0.2) is 0 Å². The second kappa shape index (κ2) is 3.93. The Morgan fingerprint density at radius 1 is 1.33 bits per heavy atom. The molecule has 1 fully saturated rings. The molecule has 98 valence electrons. The lowest BCUT2D eigenvalue weighted by Gasteiger charge is -2.05. The van der Waals surface area contributed by atoms with Crippen LogP contribution in [-0.2, 0) is 0 Å². The molecule has 0 atom stereocenters. The number of rotatable bonds is 3. The molecule has 1 aliphatic carbocycles. The Hall–Kier alpha value is -1.65. The third-order valence-electron chi connectivity index (χ3n) is 4.70. The molecule has 1 heterocycles. The van der Waals surface area contributed by atoms with Gasteiger partial charge in [-0.15, -0.1) is 0 Å². The van der Waals surface area contributed by atoms with Crippen molar-refractivity contribution in [2.75, 3.05) is 6.54 Å². The highest BCUT2D eigenvalue weighted by atomic mass is 16.2. The number of nitrogens with one attached hydrogen (secondary N) is 2. The van der Waals surface area contributed by atoms with Gasteiger partial charge in [0.25, 0.3) is 11.5 Å². The van der Waals surface area contributed by atoms with Gasteiger partial charge in [-0.2, -0.15) is 5.10 Å². The first-order valence-corrected chi connectivity index (χ1v) is 6.11. The van der Waals surface area contributed by atoms with E-state index >= 15 is 0 Å². The smallest absolute Gasteiger partial charge is 0.271 e. The highest BCUT2D eigenvalue weighted by molar-refractivity contribution is 5.91. The summed E-state index contributed by atoms with van der Waals surface area (Å²) in [7, 11) is 0. The fourth-order valence-corrected chi connectivity index (χ4v) is 2.60. The largest absolute Gasteiger partial charge is 0.350 e. The van der Waals surface area contributed by atoms with Crippen LogP contribution in [0, 0.1) is 16.7 Å². The Morgan fingerprint density at radius 2 is 1.94 bits per heavy atom. The molecular weight excluding hydrogens is 230 g/mol. The predicted molar refractivity (Wildman–Crippen MR) is 68.2 cm³/mol. The van der Waals surface area contributed by atoms with E-state index in [1.807, 2.05) is 0 Å².